The molecule has 0 aliphatic rings. The predicted molar refractivity (Wildman–Crippen MR) is 69.8 cm³/mol. The maximum Gasteiger partial charge on any atom is 0.387 e. The molecular formula is C12H9BrF2N2O4. The van der Waals surface area contributed by atoms with Gasteiger partial charge in [0.05, 0.1) is 12.7 Å². The van der Waals surface area contributed by atoms with Crippen LogP contribution in [0.4, 0.5) is 8.78 Å². The molecule has 2 rings (SSSR count). The summed E-state index contributed by atoms with van der Waals surface area (Å²) in [5, 5.41) is 7.37. The van der Waals surface area contributed by atoms with Gasteiger partial charge in [-0.3, -0.25) is 4.79 Å². The summed E-state index contributed by atoms with van der Waals surface area (Å²) in [6, 6.07) is 4.37. The van der Waals surface area contributed by atoms with E-state index in [0.717, 1.165) is 0 Å². The number of rotatable bonds is 5. The summed E-state index contributed by atoms with van der Waals surface area (Å²) in [5.74, 6) is -0.685. The normalized spacial score (nSPS) is 10.7. The molecule has 112 valence electrons. The molecule has 0 fully saturated rings. The summed E-state index contributed by atoms with van der Waals surface area (Å²) in [4.78, 5) is 11.1. The summed E-state index contributed by atoms with van der Waals surface area (Å²) in [5.41, 5.74) is 0.188. The lowest BCUT2D eigenvalue weighted by Crippen LogP contribution is -2.04. The Kier molecular flexibility index (Phi) is 4.84. The second kappa shape index (κ2) is 6.61. The number of carbonyl (C=O) groups is 1. The number of ether oxygens (including phenoxy) is 2. The molecule has 0 aliphatic heterocycles. The molecule has 0 bridgehead atoms. The van der Waals surface area contributed by atoms with E-state index in [0.29, 0.717) is 4.47 Å². The fraction of sp³-hybridized carbons (Fsp3) is 0.250. The van der Waals surface area contributed by atoms with Crippen molar-refractivity contribution >= 4 is 21.9 Å². The zero-order chi connectivity index (χ0) is 15.4. The largest absolute Gasteiger partial charge is 0.469 e. The number of carbonyl (C=O) groups excluding carboxylic acids is 1. The lowest BCUT2D eigenvalue weighted by Gasteiger charge is -2.08. The third kappa shape index (κ3) is 3.97. The van der Waals surface area contributed by atoms with E-state index in [4.69, 9.17) is 4.42 Å². The Labute approximate surface area is 126 Å². The van der Waals surface area contributed by atoms with Crippen LogP contribution in [-0.2, 0) is 16.0 Å². The van der Waals surface area contributed by atoms with Gasteiger partial charge in [-0.15, -0.1) is 10.2 Å². The molecule has 1 aromatic heterocycles. The lowest BCUT2D eigenvalue weighted by molar-refractivity contribution is -0.140. The van der Waals surface area contributed by atoms with E-state index >= 15 is 0 Å². The van der Waals surface area contributed by atoms with Gasteiger partial charge in [0.1, 0.15) is 12.2 Å². The molecule has 0 spiro atoms. The number of esters is 1. The van der Waals surface area contributed by atoms with Crippen molar-refractivity contribution in [2.75, 3.05) is 7.11 Å². The van der Waals surface area contributed by atoms with Crippen LogP contribution < -0.4 is 4.74 Å². The topological polar surface area (TPSA) is 74.5 Å². The number of benzene rings is 1. The molecule has 0 atom stereocenters. The molecule has 0 saturated carbocycles. The Morgan fingerprint density at radius 1 is 1.43 bits per heavy atom. The molecular weight excluding hydrogens is 354 g/mol. The van der Waals surface area contributed by atoms with Crippen LogP contribution in [0.2, 0.25) is 0 Å². The average molecular weight is 363 g/mol. The van der Waals surface area contributed by atoms with Gasteiger partial charge in [-0.05, 0) is 18.2 Å². The molecule has 6 nitrogen and oxygen atoms in total. The van der Waals surface area contributed by atoms with Crippen LogP contribution in [0.3, 0.4) is 0 Å². The SMILES string of the molecule is COC(=O)Cc1nnc(-c2cc(Br)ccc2OC(F)F)o1. The summed E-state index contributed by atoms with van der Waals surface area (Å²) in [6.45, 7) is -2.98. The van der Waals surface area contributed by atoms with Crippen LogP contribution in [-0.4, -0.2) is 29.9 Å². The standard InChI is InChI=1S/C12H9BrF2N2O4/c1-19-10(18)5-9-16-17-11(21-9)7-4-6(13)2-3-8(7)20-12(14)15/h2-4,12H,5H2,1H3. The van der Waals surface area contributed by atoms with Gasteiger partial charge in [0.25, 0.3) is 5.89 Å². The maximum absolute atomic E-state index is 12.4. The number of aromatic nitrogens is 2. The number of alkyl halides is 2. The molecule has 1 heterocycles. The number of methoxy groups -OCH3 is 1. The van der Waals surface area contributed by atoms with Crippen molar-refractivity contribution in [3.05, 3.63) is 28.6 Å². The second-order valence-corrected chi connectivity index (χ2v) is 4.69. The zero-order valence-corrected chi connectivity index (χ0v) is 12.3. The van der Waals surface area contributed by atoms with E-state index in [2.05, 4.69) is 35.6 Å². The summed E-state index contributed by atoms with van der Waals surface area (Å²) in [6.07, 6.45) is -0.206. The minimum Gasteiger partial charge on any atom is -0.469 e. The summed E-state index contributed by atoms with van der Waals surface area (Å²) in [7, 11) is 1.22. The van der Waals surface area contributed by atoms with Gasteiger partial charge < -0.3 is 13.9 Å². The van der Waals surface area contributed by atoms with Crippen LogP contribution in [0.25, 0.3) is 11.5 Å². The van der Waals surface area contributed by atoms with E-state index in [1.165, 1.54) is 25.3 Å². The van der Waals surface area contributed by atoms with Crippen molar-refractivity contribution in [1.82, 2.24) is 10.2 Å². The van der Waals surface area contributed by atoms with Crippen LogP contribution in [0.5, 0.6) is 5.75 Å². The average Bonchev–Trinajstić information content (AvgIpc) is 2.88. The van der Waals surface area contributed by atoms with Crippen LogP contribution >= 0.6 is 15.9 Å². The van der Waals surface area contributed by atoms with Gasteiger partial charge in [0.2, 0.25) is 5.89 Å². The van der Waals surface area contributed by atoms with Crippen LogP contribution in [0, 0.1) is 0 Å². The van der Waals surface area contributed by atoms with E-state index < -0.39 is 12.6 Å². The van der Waals surface area contributed by atoms with Gasteiger partial charge in [0, 0.05) is 4.47 Å². The number of hydrogen-bond donors (Lipinski definition) is 0. The fourth-order valence-electron chi connectivity index (χ4n) is 1.50. The molecule has 0 N–H and O–H groups in total. The van der Waals surface area contributed by atoms with Gasteiger partial charge in [-0.25, -0.2) is 0 Å². The van der Waals surface area contributed by atoms with Gasteiger partial charge in [-0.2, -0.15) is 8.78 Å². The van der Waals surface area contributed by atoms with Crippen LogP contribution in [0.15, 0.2) is 27.1 Å². The molecule has 0 aliphatic carbocycles. The van der Waals surface area contributed by atoms with Crippen molar-refractivity contribution < 1.29 is 27.5 Å². The molecule has 0 amide bonds. The fourth-order valence-corrected chi connectivity index (χ4v) is 1.86. The summed E-state index contributed by atoms with van der Waals surface area (Å²) >= 11 is 3.21. The Hall–Kier alpha value is -2.03. The van der Waals surface area contributed by atoms with Crippen molar-refractivity contribution in [2.24, 2.45) is 0 Å². The second-order valence-electron chi connectivity index (χ2n) is 3.77. The minimum absolute atomic E-state index is 0.0137. The van der Waals surface area contributed by atoms with Gasteiger partial charge >= 0.3 is 12.6 Å². The van der Waals surface area contributed by atoms with Crippen molar-refractivity contribution in [3.63, 3.8) is 0 Å². The molecule has 1 aromatic carbocycles. The lowest BCUT2D eigenvalue weighted by atomic mass is 10.2. The van der Waals surface area contributed by atoms with Crippen molar-refractivity contribution in [2.45, 2.75) is 13.0 Å². The van der Waals surface area contributed by atoms with E-state index in [9.17, 15) is 13.6 Å². The van der Waals surface area contributed by atoms with Gasteiger partial charge in [0.15, 0.2) is 0 Å². The first-order valence-electron chi connectivity index (χ1n) is 5.63. The summed E-state index contributed by atoms with van der Waals surface area (Å²) < 4.78 is 39.5. The highest BCUT2D eigenvalue weighted by atomic mass is 79.9. The third-order valence-corrected chi connectivity index (χ3v) is 2.87. The highest BCUT2D eigenvalue weighted by Gasteiger charge is 2.18. The Morgan fingerprint density at radius 2 is 2.19 bits per heavy atom. The smallest absolute Gasteiger partial charge is 0.387 e. The first kappa shape index (κ1) is 15.4. The number of halogens is 3. The first-order valence-corrected chi connectivity index (χ1v) is 6.43. The molecule has 0 unspecified atom stereocenters. The maximum atomic E-state index is 12.4. The Morgan fingerprint density at radius 3 is 2.86 bits per heavy atom. The van der Waals surface area contributed by atoms with E-state index in [1.807, 2.05) is 0 Å². The van der Waals surface area contributed by atoms with Crippen molar-refractivity contribution in [3.8, 4) is 17.2 Å². The molecule has 21 heavy (non-hydrogen) atoms. The number of nitrogens with zero attached hydrogens (tertiary/aromatic N) is 2. The molecule has 9 heteroatoms. The first-order chi connectivity index (χ1) is 9.99. The van der Waals surface area contributed by atoms with Gasteiger partial charge in [-0.1, -0.05) is 15.9 Å². The highest BCUT2D eigenvalue weighted by molar-refractivity contribution is 9.10. The predicted octanol–water partition coefficient (Wildman–Crippen LogP) is 2.82. The zero-order valence-electron chi connectivity index (χ0n) is 10.7. The monoisotopic (exact) mass is 362 g/mol. The highest BCUT2D eigenvalue weighted by Crippen LogP contribution is 2.33. The van der Waals surface area contributed by atoms with Crippen LogP contribution in [0.1, 0.15) is 5.89 Å². The minimum atomic E-state index is -2.98. The quantitative estimate of drug-likeness (QED) is 0.761. The molecule has 0 radical (unpaired) electrons. The van der Waals surface area contributed by atoms with E-state index in [1.54, 1.807) is 0 Å². The molecule has 0 saturated heterocycles. The molecule has 2 aromatic rings. The Bertz CT molecular complexity index is 648. The Balaban J connectivity index is 2.32. The van der Waals surface area contributed by atoms with Crippen molar-refractivity contribution in [1.29, 1.82) is 0 Å². The van der Waals surface area contributed by atoms with E-state index in [-0.39, 0.29) is 29.5 Å². The number of hydrogen-bond acceptors (Lipinski definition) is 6. The third-order valence-electron chi connectivity index (χ3n) is 2.38.